The number of rotatable bonds is 2. The molecule has 0 spiro atoms. The van der Waals surface area contributed by atoms with Crippen molar-refractivity contribution in [3.8, 4) is 0 Å². The van der Waals surface area contributed by atoms with E-state index in [1.54, 1.807) is 0 Å². The predicted octanol–water partition coefficient (Wildman–Crippen LogP) is 1.49. The lowest BCUT2D eigenvalue weighted by atomic mass is 9.89. The Bertz CT molecular complexity index is 211. The fraction of sp³-hybridized carbons (Fsp3) is 0.375. The Labute approximate surface area is 60.3 Å². The quantitative estimate of drug-likeness (QED) is 0.615. The van der Waals surface area contributed by atoms with Crippen LogP contribution in [0.15, 0.2) is 18.5 Å². The second-order valence-electron chi connectivity index (χ2n) is 2.94. The molecular weight excluding hydrogens is 126 g/mol. The van der Waals surface area contributed by atoms with Gasteiger partial charge in [0.1, 0.15) is 6.29 Å². The lowest BCUT2D eigenvalue weighted by molar-refractivity contribution is -0.111. The molecule has 1 aromatic rings. The molecule has 0 saturated heterocycles. The van der Waals surface area contributed by atoms with E-state index in [2.05, 4.69) is 4.98 Å². The van der Waals surface area contributed by atoms with Gasteiger partial charge in [0.2, 0.25) is 0 Å². The number of hydrogen-bond acceptors (Lipinski definition) is 1. The van der Waals surface area contributed by atoms with E-state index in [1.165, 1.54) is 0 Å². The fourth-order valence-corrected chi connectivity index (χ4v) is 0.793. The third-order valence-corrected chi connectivity index (χ3v) is 1.64. The summed E-state index contributed by atoms with van der Waals surface area (Å²) in [4.78, 5) is 13.4. The molecule has 0 saturated carbocycles. The molecule has 0 atom stereocenters. The smallest absolute Gasteiger partial charge is 0.130 e. The van der Waals surface area contributed by atoms with Crippen molar-refractivity contribution in [3.05, 3.63) is 24.0 Å². The summed E-state index contributed by atoms with van der Waals surface area (Å²) in [6.07, 6.45) is 4.62. The second kappa shape index (κ2) is 2.29. The van der Waals surface area contributed by atoms with Crippen LogP contribution in [0, 0.1) is 0 Å². The van der Waals surface area contributed by atoms with E-state index >= 15 is 0 Å². The number of hydrogen-bond donors (Lipinski definition) is 1. The zero-order valence-electron chi connectivity index (χ0n) is 6.22. The van der Waals surface area contributed by atoms with Crippen molar-refractivity contribution in [2.24, 2.45) is 0 Å². The van der Waals surface area contributed by atoms with Gasteiger partial charge in [-0.25, -0.2) is 0 Å². The first-order valence-electron chi connectivity index (χ1n) is 3.26. The van der Waals surface area contributed by atoms with Crippen LogP contribution in [0.4, 0.5) is 0 Å². The monoisotopic (exact) mass is 137 g/mol. The maximum Gasteiger partial charge on any atom is 0.130 e. The first-order chi connectivity index (χ1) is 4.67. The minimum absolute atomic E-state index is 0.347. The summed E-state index contributed by atoms with van der Waals surface area (Å²) in [7, 11) is 0. The Kier molecular flexibility index (Phi) is 1.62. The summed E-state index contributed by atoms with van der Waals surface area (Å²) in [5.41, 5.74) is 0.683. The van der Waals surface area contributed by atoms with Gasteiger partial charge in [0.15, 0.2) is 0 Å². The lowest BCUT2D eigenvalue weighted by Gasteiger charge is -2.13. The lowest BCUT2D eigenvalue weighted by Crippen LogP contribution is -2.17. The first-order valence-corrected chi connectivity index (χ1v) is 3.26. The van der Waals surface area contributed by atoms with E-state index in [1.807, 2.05) is 32.3 Å². The third kappa shape index (κ3) is 1.10. The Morgan fingerprint density at radius 2 is 2.30 bits per heavy atom. The molecule has 2 nitrogen and oxygen atoms in total. The van der Waals surface area contributed by atoms with Gasteiger partial charge in [-0.1, -0.05) is 0 Å². The number of aromatic nitrogens is 1. The summed E-state index contributed by atoms with van der Waals surface area (Å²) in [6.45, 7) is 3.78. The highest BCUT2D eigenvalue weighted by Gasteiger charge is 2.18. The molecule has 2 heteroatoms. The van der Waals surface area contributed by atoms with Crippen LogP contribution in [0.1, 0.15) is 19.4 Å². The average molecular weight is 137 g/mol. The molecule has 1 heterocycles. The van der Waals surface area contributed by atoms with Crippen molar-refractivity contribution in [3.63, 3.8) is 0 Å². The van der Waals surface area contributed by atoms with Crippen LogP contribution in [0.25, 0.3) is 0 Å². The van der Waals surface area contributed by atoms with Gasteiger partial charge < -0.3 is 9.78 Å². The molecule has 10 heavy (non-hydrogen) atoms. The highest BCUT2D eigenvalue weighted by molar-refractivity contribution is 5.66. The van der Waals surface area contributed by atoms with E-state index in [4.69, 9.17) is 0 Å². The van der Waals surface area contributed by atoms with E-state index in [-0.39, 0.29) is 5.41 Å². The largest absolute Gasteiger partial charge is 0.367 e. The van der Waals surface area contributed by atoms with Crippen molar-refractivity contribution in [1.29, 1.82) is 0 Å². The Morgan fingerprint density at radius 3 is 2.70 bits per heavy atom. The maximum absolute atomic E-state index is 10.5. The minimum atomic E-state index is -0.347. The van der Waals surface area contributed by atoms with Gasteiger partial charge in [-0.3, -0.25) is 0 Å². The Balaban J connectivity index is 2.95. The van der Waals surface area contributed by atoms with E-state index < -0.39 is 0 Å². The van der Waals surface area contributed by atoms with Crippen molar-refractivity contribution < 1.29 is 4.79 Å². The molecule has 0 aliphatic heterocycles. The van der Waals surface area contributed by atoms with Crippen LogP contribution in [0.5, 0.6) is 0 Å². The zero-order valence-corrected chi connectivity index (χ0v) is 6.22. The predicted molar refractivity (Wildman–Crippen MR) is 39.9 cm³/mol. The molecule has 1 aromatic heterocycles. The van der Waals surface area contributed by atoms with Crippen LogP contribution < -0.4 is 0 Å². The summed E-state index contributed by atoms with van der Waals surface area (Å²) >= 11 is 0. The van der Waals surface area contributed by atoms with Gasteiger partial charge in [0, 0.05) is 17.8 Å². The zero-order chi connectivity index (χ0) is 7.61. The molecule has 0 unspecified atom stereocenters. The van der Waals surface area contributed by atoms with E-state index in [9.17, 15) is 4.79 Å². The Morgan fingerprint density at radius 1 is 1.60 bits per heavy atom. The Hall–Kier alpha value is -1.05. The molecule has 0 amide bonds. The molecule has 1 rings (SSSR count). The number of carbonyl (C=O) groups excluding carboxylic acids is 1. The van der Waals surface area contributed by atoms with Gasteiger partial charge in [0.05, 0.1) is 0 Å². The first kappa shape index (κ1) is 7.06. The van der Waals surface area contributed by atoms with Crippen molar-refractivity contribution >= 4 is 6.29 Å². The van der Waals surface area contributed by atoms with Gasteiger partial charge in [-0.2, -0.15) is 0 Å². The van der Waals surface area contributed by atoms with E-state index in [0.717, 1.165) is 11.8 Å². The minimum Gasteiger partial charge on any atom is -0.367 e. The number of aromatic amines is 1. The van der Waals surface area contributed by atoms with Crippen LogP contribution in [0.2, 0.25) is 0 Å². The van der Waals surface area contributed by atoms with Gasteiger partial charge in [0.25, 0.3) is 0 Å². The average Bonchev–Trinajstić information content (AvgIpc) is 2.38. The standard InChI is InChI=1S/C8H11NO/c1-8(2,6-10)7-3-4-9-5-7/h3-6,9H,1-2H3. The normalized spacial score (nSPS) is 11.4. The number of nitrogens with one attached hydrogen (secondary N) is 1. The second-order valence-corrected chi connectivity index (χ2v) is 2.94. The SMILES string of the molecule is CC(C)(C=O)c1cc[nH]c1. The molecule has 1 N–H and O–H groups in total. The van der Waals surface area contributed by atoms with Crippen LogP contribution >= 0.6 is 0 Å². The molecule has 0 aromatic carbocycles. The van der Waals surface area contributed by atoms with Crippen LogP contribution in [-0.2, 0) is 10.2 Å². The molecule has 0 bridgehead atoms. The summed E-state index contributed by atoms with van der Waals surface area (Å²) in [6, 6.07) is 1.91. The van der Waals surface area contributed by atoms with Crippen molar-refractivity contribution in [2.45, 2.75) is 19.3 Å². The number of aldehydes is 1. The van der Waals surface area contributed by atoms with Crippen LogP contribution in [0.3, 0.4) is 0 Å². The number of carbonyl (C=O) groups is 1. The van der Waals surface area contributed by atoms with Gasteiger partial charge >= 0.3 is 0 Å². The maximum atomic E-state index is 10.5. The van der Waals surface area contributed by atoms with E-state index in [0.29, 0.717) is 0 Å². The van der Waals surface area contributed by atoms with Crippen molar-refractivity contribution in [1.82, 2.24) is 4.98 Å². The third-order valence-electron chi connectivity index (χ3n) is 1.64. The molecule has 0 aliphatic carbocycles. The summed E-state index contributed by atoms with van der Waals surface area (Å²) < 4.78 is 0. The summed E-state index contributed by atoms with van der Waals surface area (Å²) in [5, 5.41) is 0. The summed E-state index contributed by atoms with van der Waals surface area (Å²) in [5.74, 6) is 0. The molecule has 0 fully saturated rings. The molecule has 0 radical (unpaired) electrons. The van der Waals surface area contributed by atoms with Crippen LogP contribution in [-0.4, -0.2) is 11.3 Å². The van der Waals surface area contributed by atoms with Gasteiger partial charge in [-0.15, -0.1) is 0 Å². The molecule has 0 aliphatic rings. The number of H-pyrrole nitrogens is 1. The fourth-order valence-electron chi connectivity index (χ4n) is 0.793. The van der Waals surface area contributed by atoms with Crippen molar-refractivity contribution in [2.75, 3.05) is 0 Å². The molecular formula is C8H11NO. The van der Waals surface area contributed by atoms with Gasteiger partial charge in [-0.05, 0) is 25.5 Å². The highest BCUT2D eigenvalue weighted by Crippen LogP contribution is 2.18. The topological polar surface area (TPSA) is 32.9 Å². The highest BCUT2D eigenvalue weighted by atomic mass is 16.1. The molecule has 54 valence electrons.